The van der Waals surface area contributed by atoms with Crippen molar-refractivity contribution in [3.63, 3.8) is 0 Å². The first kappa shape index (κ1) is 20.6. The molecule has 0 aliphatic heterocycles. The molecule has 0 aromatic heterocycles. The summed E-state index contributed by atoms with van der Waals surface area (Å²) in [5, 5.41) is 23.3. The van der Waals surface area contributed by atoms with Gasteiger partial charge in [-0.1, -0.05) is 13.8 Å². The predicted molar refractivity (Wildman–Crippen MR) is 93.3 cm³/mol. The van der Waals surface area contributed by atoms with Gasteiger partial charge in [0, 0.05) is 11.8 Å². The number of urea groups is 1. The SMILES string of the molecule is CCCOc1ccc(NC(=O)NCC(C)(O)C(=O)O)cc1OCCC. The first-order valence-electron chi connectivity index (χ1n) is 8.20. The molecule has 0 saturated heterocycles. The molecule has 8 nitrogen and oxygen atoms in total. The van der Waals surface area contributed by atoms with Crippen molar-refractivity contribution in [2.24, 2.45) is 0 Å². The molecule has 4 N–H and O–H groups in total. The number of nitrogens with one attached hydrogen (secondary N) is 2. The molecule has 1 unspecified atom stereocenters. The maximum absolute atomic E-state index is 11.9. The molecule has 0 radical (unpaired) electrons. The molecule has 0 fully saturated rings. The van der Waals surface area contributed by atoms with E-state index in [1.807, 2.05) is 13.8 Å². The van der Waals surface area contributed by atoms with E-state index in [9.17, 15) is 14.7 Å². The van der Waals surface area contributed by atoms with Gasteiger partial charge in [-0.15, -0.1) is 0 Å². The fraction of sp³-hybridized carbons (Fsp3) is 0.529. The van der Waals surface area contributed by atoms with Crippen LogP contribution >= 0.6 is 0 Å². The van der Waals surface area contributed by atoms with Gasteiger partial charge in [0.05, 0.1) is 19.8 Å². The molecule has 1 aromatic rings. The van der Waals surface area contributed by atoms with E-state index < -0.39 is 24.1 Å². The Hall–Kier alpha value is -2.48. The molecule has 0 spiro atoms. The van der Waals surface area contributed by atoms with E-state index in [1.165, 1.54) is 0 Å². The van der Waals surface area contributed by atoms with Gasteiger partial charge >= 0.3 is 12.0 Å². The number of rotatable bonds is 10. The number of carboxylic acids is 1. The van der Waals surface area contributed by atoms with Gasteiger partial charge in [0.1, 0.15) is 0 Å². The molecule has 140 valence electrons. The van der Waals surface area contributed by atoms with Crippen molar-refractivity contribution in [2.75, 3.05) is 25.1 Å². The number of aliphatic carboxylic acids is 1. The second kappa shape index (κ2) is 9.73. The maximum atomic E-state index is 11.9. The van der Waals surface area contributed by atoms with Crippen molar-refractivity contribution < 1.29 is 29.3 Å². The van der Waals surface area contributed by atoms with Crippen molar-refractivity contribution in [3.8, 4) is 11.5 Å². The van der Waals surface area contributed by atoms with Crippen LogP contribution in [0.5, 0.6) is 11.5 Å². The van der Waals surface area contributed by atoms with E-state index in [4.69, 9.17) is 14.6 Å². The lowest BCUT2D eigenvalue weighted by molar-refractivity contribution is -0.155. The van der Waals surface area contributed by atoms with Gasteiger partial charge in [0.25, 0.3) is 0 Å². The summed E-state index contributed by atoms with van der Waals surface area (Å²) in [7, 11) is 0. The third-order valence-electron chi connectivity index (χ3n) is 3.18. The van der Waals surface area contributed by atoms with Gasteiger partial charge < -0.3 is 30.3 Å². The monoisotopic (exact) mass is 354 g/mol. The van der Waals surface area contributed by atoms with Gasteiger partial charge in [-0.25, -0.2) is 9.59 Å². The number of carbonyl (C=O) groups excluding carboxylic acids is 1. The van der Waals surface area contributed by atoms with Gasteiger partial charge in [-0.3, -0.25) is 0 Å². The number of carbonyl (C=O) groups is 2. The first-order chi connectivity index (χ1) is 11.8. The Morgan fingerprint density at radius 3 is 2.28 bits per heavy atom. The zero-order chi connectivity index (χ0) is 18.9. The number of anilines is 1. The van der Waals surface area contributed by atoms with E-state index in [0.29, 0.717) is 30.4 Å². The summed E-state index contributed by atoms with van der Waals surface area (Å²) in [6.45, 7) is 5.73. The van der Waals surface area contributed by atoms with E-state index in [2.05, 4.69) is 10.6 Å². The molecule has 25 heavy (non-hydrogen) atoms. The number of benzene rings is 1. The maximum Gasteiger partial charge on any atom is 0.337 e. The number of hydrogen-bond acceptors (Lipinski definition) is 5. The molecule has 8 heteroatoms. The summed E-state index contributed by atoms with van der Waals surface area (Å²) in [6.07, 6.45) is 1.69. The van der Waals surface area contributed by atoms with Crippen LogP contribution in [-0.4, -0.2) is 47.6 Å². The fourth-order valence-electron chi connectivity index (χ4n) is 1.75. The summed E-state index contributed by atoms with van der Waals surface area (Å²) in [5.74, 6) is -0.304. The predicted octanol–water partition coefficient (Wildman–Crippen LogP) is 2.22. The number of hydrogen-bond donors (Lipinski definition) is 4. The molecular formula is C17H26N2O6. The van der Waals surface area contributed by atoms with Crippen molar-refractivity contribution in [2.45, 2.75) is 39.2 Å². The summed E-state index contributed by atoms with van der Waals surface area (Å²) in [4.78, 5) is 22.7. The zero-order valence-electron chi connectivity index (χ0n) is 14.8. The van der Waals surface area contributed by atoms with Crippen LogP contribution in [-0.2, 0) is 4.79 Å². The number of carboxylic acid groups (broad SMARTS) is 1. The van der Waals surface area contributed by atoms with Crippen LogP contribution in [0.25, 0.3) is 0 Å². The molecule has 0 bridgehead atoms. The Balaban J connectivity index is 2.73. The highest BCUT2D eigenvalue weighted by Crippen LogP contribution is 2.30. The Morgan fingerprint density at radius 2 is 1.72 bits per heavy atom. The number of ether oxygens (including phenoxy) is 2. The normalized spacial score (nSPS) is 12.8. The third-order valence-corrected chi connectivity index (χ3v) is 3.18. The molecule has 0 aliphatic carbocycles. The molecule has 2 amide bonds. The molecule has 1 aromatic carbocycles. The minimum atomic E-state index is -2.04. The Kier molecular flexibility index (Phi) is 8.00. The zero-order valence-corrected chi connectivity index (χ0v) is 14.8. The van der Waals surface area contributed by atoms with Gasteiger partial charge in [0.15, 0.2) is 17.1 Å². The van der Waals surface area contributed by atoms with E-state index in [1.54, 1.807) is 18.2 Å². The van der Waals surface area contributed by atoms with E-state index >= 15 is 0 Å². The third kappa shape index (κ3) is 6.88. The van der Waals surface area contributed by atoms with Crippen molar-refractivity contribution in [1.82, 2.24) is 5.32 Å². The van der Waals surface area contributed by atoms with Crippen LogP contribution in [0.3, 0.4) is 0 Å². The second-order valence-corrected chi connectivity index (χ2v) is 5.75. The highest BCUT2D eigenvalue weighted by Gasteiger charge is 2.30. The van der Waals surface area contributed by atoms with Crippen LogP contribution < -0.4 is 20.1 Å². The second-order valence-electron chi connectivity index (χ2n) is 5.75. The van der Waals surface area contributed by atoms with Crippen LogP contribution in [0.15, 0.2) is 18.2 Å². The van der Waals surface area contributed by atoms with Crippen LogP contribution in [0.1, 0.15) is 33.6 Å². The summed E-state index contributed by atoms with van der Waals surface area (Å²) < 4.78 is 11.2. The number of amides is 2. The standard InChI is InChI=1S/C17H26N2O6/c1-4-8-24-13-7-6-12(10-14(13)25-9-5-2)19-16(22)18-11-17(3,23)15(20)21/h6-7,10,23H,4-5,8-9,11H2,1-3H3,(H,20,21)(H2,18,19,22). The molecular weight excluding hydrogens is 328 g/mol. The summed E-state index contributed by atoms with van der Waals surface area (Å²) in [6, 6.07) is 4.35. The van der Waals surface area contributed by atoms with Crippen molar-refractivity contribution in [1.29, 1.82) is 0 Å². The van der Waals surface area contributed by atoms with Crippen LogP contribution in [0, 0.1) is 0 Å². The highest BCUT2D eigenvalue weighted by molar-refractivity contribution is 5.90. The van der Waals surface area contributed by atoms with E-state index in [0.717, 1.165) is 19.8 Å². The topological polar surface area (TPSA) is 117 Å². The van der Waals surface area contributed by atoms with Crippen LogP contribution in [0.2, 0.25) is 0 Å². The summed E-state index contributed by atoms with van der Waals surface area (Å²) >= 11 is 0. The Labute approximate surface area is 147 Å². The van der Waals surface area contributed by atoms with Gasteiger partial charge in [0.2, 0.25) is 0 Å². The quantitative estimate of drug-likeness (QED) is 0.512. The summed E-state index contributed by atoms with van der Waals surface area (Å²) in [5.41, 5.74) is -1.58. The smallest absolute Gasteiger partial charge is 0.337 e. The largest absolute Gasteiger partial charge is 0.490 e. The average Bonchev–Trinajstić information content (AvgIpc) is 2.57. The van der Waals surface area contributed by atoms with Gasteiger partial charge in [-0.05, 0) is 31.9 Å². The van der Waals surface area contributed by atoms with E-state index in [-0.39, 0.29) is 0 Å². The first-order valence-corrected chi connectivity index (χ1v) is 8.20. The molecule has 0 aliphatic rings. The van der Waals surface area contributed by atoms with Crippen molar-refractivity contribution >= 4 is 17.7 Å². The molecule has 1 atom stereocenters. The Bertz CT molecular complexity index is 589. The highest BCUT2D eigenvalue weighted by atomic mass is 16.5. The lowest BCUT2D eigenvalue weighted by Gasteiger charge is -2.19. The van der Waals surface area contributed by atoms with Gasteiger partial charge in [-0.2, -0.15) is 0 Å². The fourth-order valence-corrected chi connectivity index (χ4v) is 1.75. The minimum absolute atomic E-state index is 0.426. The molecule has 0 heterocycles. The average molecular weight is 354 g/mol. The lowest BCUT2D eigenvalue weighted by atomic mass is 10.1. The molecule has 0 saturated carbocycles. The lowest BCUT2D eigenvalue weighted by Crippen LogP contribution is -2.47. The van der Waals surface area contributed by atoms with Crippen LogP contribution in [0.4, 0.5) is 10.5 Å². The molecule has 1 rings (SSSR count). The minimum Gasteiger partial charge on any atom is -0.490 e. The van der Waals surface area contributed by atoms with Crippen molar-refractivity contribution in [3.05, 3.63) is 18.2 Å². The number of aliphatic hydroxyl groups is 1. The Morgan fingerprint density at radius 1 is 1.12 bits per heavy atom.